The van der Waals surface area contributed by atoms with Gasteiger partial charge in [-0.3, -0.25) is 0 Å². The van der Waals surface area contributed by atoms with Crippen LogP contribution in [0.5, 0.6) is 0 Å². The second-order valence-corrected chi connectivity index (χ2v) is 41.8. The lowest BCUT2D eigenvalue weighted by atomic mass is 10.0. The van der Waals surface area contributed by atoms with Crippen molar-refractivity contribution in [2.24, 2.45) is 0 Å². The number of hydrogen-bond donors (Lipinski definition) is 0. The van der Waals surface area contributed by atoms with E-state index in [1.807, 2.05) is 38.2 Å². The fraction of sp³-hybridized carbons (Fsp3) is 0.551. The highest BCUT2D eigenvalue weighted by Gasteiger charge is 2.05. The van der Waals surface area contributed by atoms with Crippen molar-refractivity contribution in [3.8, 4) is 24.7 Å². The highest BCUT2D eigenvalue weighted by atomic mass is 14.1. The van der Waals surface area contributed by atoms with E-state index in [1.54, 1.807) is 6.08 Å². The summed E-state index contributed by atoms with van der Waals surface area (Å²) in [7, 11) is 0. The molecule has 147 heavy (non-hydrogen) atoms. The zero-order valence-corrected chi connectivity index (χ0v) is 98.3. The van der Waals surface area contributed by atoms with Gasteiger partial charge >= 0.3 is 0 Å². The molecule has 0 aliphatic heterocycles. The summed E-state index contributed by atoms with van der Waals surface area (Å²) >= 11 is 0. The van der Waals surface area contributed by atoms with Gasteiger partial charge in [0.1, 0.15) is 0 Å². The van der Waals surface area contributed by atoms with Gasteiger partial charge in [0.2, 0.25) is 0 Å². The topological polar surface area (TPSA) is 0 Å². The molecule has 0 saturated carbocycles. The Balaban J connectivity index is 0. The molecule has 0 nitrogen and oxygen atoms in total. The smallest absolute Gasteiger partial charge is 0.0270 e. The van der Waals surface area contributed by atoms with Crippen LogP contribution in [0.25, 0.3) is 30.4 Å². The van der Waals surface area contributed by atoms with E-state index >= 15 is 0 Å². The molecule has 0 aliphatic carbocycles. The van der Waals surface area contributed by atoms with Gasteiger partial charge in [0.05, 0.1) is 0 Å². The summed E-state index contributed by atoms with van der Waals surface area (Å²) in [5.74, 6) is 5.32. The van der Waals surface area contributed by atoms with E-state index in [-0.39, 0.29) is 0 Å². The molecule has 0 fully saturated rings. The van der Waals surface area contributed by atoms with Crippen LogP contribution in [0.3, 0.4) is 0 Å². The molecule has 0 spiro atoms. The zero-order chi connectivity index (χ0) is 108. The SMILES string of the molecule is C#CC/C=C/c1ccc(CCCCCCCCCC)cc1.C#CCCCc1ccc(CCCCCCCCCC)cc1.C=C(C)/C=C/c1ccc(CCCCCCCCCC)cc1.C=C(C)CCCc1ccc(CCCCCCCCCC)cc1.C=CC(=C)C.C=CCCCCCCCC.C=Cc1ccc(C)cc1.C=Cc1ccc(CCCCCCCCCC)cc1.CC/C=C/c1ccc(CCCCCCCCCC)cc1. The minimum atomic E-state index is 0.708. The van der Waals surface area contributed by atoms with E-state index in [1.165, 1.54) is 488 Å². The molecule has 7 aromatic carbocycles. The second-order valence-electron chi connectivity index (χ2n) is 41.8. The van der Waals surface area contributed by atoms with Gasteiger partial charge in [-0.15, -0.1) is 37.8 Å². The highest BCUT2D eigenvalue weighted by molar-refractivity contribution is 5.54. The van der Waals surface area contributed by atoms with Gasteiger partial charge in [-0.05, 0) is 228 Å². The lowest BCUT2D eigenvalue weighted by molar-refractivity contribution is 0.575. The summed E-state index contributed by atoms with van der Waals surface area (Å²) in [4.78, 5) is 0. The van der Waals surface area contributed by atoms with E-state index in [0.29, 0.717) is 6.42 Å². The summed E-state index contributed by atoms with van der Waals surface area (Å²) < 4.78 is 0. The first-order chi connectivity index (χ1) is 71.9. The molecule has 816 valence electrons. The Labute approximate surface area is 915 Å². The third-order valence-electron chi connectivity index (χ3n) is 27.0. The lowest BCUT2D eigenvalue weighted by Crippen LogP contribution is -1.90. The first kappa shape index (κ1) is 140. The molecule has 0 aliphatic rings. The first-order valence-corrected chi connectivity index (χ1v) is 60.8. The summed E-state index contributed by atoms with van der Waals surface area (Å²) in [5.41, 5.74) is 22.7. The minimum absolute atomic E-state index is 0.708. The molecule has 0 saturated heterocycles. The van der Waals surface area contributed by atoms with Gasteiger partial charge in [0.25, 0.3) is 0 Å². The number of unbranched alkanes of at least 4 members (excludes halogenated alkanes) is 49. The Morgan fingerprint density at radius 3 is 0.687 bits per heavy atom. The molecule has 0 N–H and O–H groups in total. The molecule has 0 aromatic heterocycles. The van der Waals surface area contributed by atoms with Crippen LogP contribution in [0.1, 0.15) is 546 Å². The molecule has 0 bridgehead atoms. The molecule has 0 unspecified atom stereocenters. The third-order valence-corrected chi connectivity index (χ3v) is 27.0. The average Bonchev–Trinajstić information content (AvgIpc) is 1.05. The molecule has 0 heteroatoms. The second kappa shape index (κ2) is 111. The minimum Gasteiger partial charge on any atom is -0.120 e. The standard InChI is InChI=1S/C22H36.2C21H32.C21H30.C20H32.C18H28.C10H20.C9H10.C5H8/c1-4-5-6-7-8-9-10-11-14-21-16-18-22(19-17-21)15-12-13-20(2)3;1-4-5-6-7-8-9-10-11-12-20-15-17-21(18-16-20)14-13-19(2)3;2*1-3-5-7-8-9-10-11-13-15-21-18-16-20(17-19-21)14-12-6-4-2;1-3-5-7-8-9-10-11-12-14-20-17-15-19(16-18-20)13-6-4-2;1-3-5-6-7-8-9-10-11-12-18-15-13-17(4-2)14-16-18;1-3-5-7-9-10-8-6-4-2;1-3-9-6-4-8(2)5-7-9;1-4-5(2)3/h16-19H,2,4-15H2,1,3H3;13-18H,2,4-12H2,1,3H3;2,16-19H,3,5-15H2,1H3;2,12,14,16-19H,3,5-11,13,15H2,1H3;6,13,15-18H,3-5,7-12,14H2,1-2H3;4,13-16H,2-3,5-12H2,1H3;3H,1,4-10H2,2H3;3-7H,1H2,2H3;4H,1-2H2,3H3/b;14-13+;;14-12+;13-6+;;;;. The molecule has 0 amide bonds. The quantitative estimate of drug-likeness (QED) is 0.0154. The number of aryl methyl sites for hydroxylation is 9. The van der Waals surface area contributed by atoms with Crippen molar-refractivity contribution < 1.29 is 0 Å². The van der Waals surface area contributed by atoms with Crippen LogP contribution >= 0.6 is 0 Å². The monoisotopic (exact) mass is 1990 g/mol. The first-order valence-electron chi connectivity index (χ1n) is 60.8. The van der Waals surface area contributed by atoms with Crippen LogP contribution in [-0.2, 0) is 51.4 Å². The molecular formula is C147H228. The maximum atomic E-state index is 5.28. The van der Waals surface area contributed by atoms with E-state index in [0.717, 1.165) is 43.3 Å². The predicted octanol–water partition coefficient (Wildman–Crippen LogP) is 48.1. The van der Waals surface area contributed by atoms with Gasteiger partial charge in [0.15, 0.2) is 0 Å². The molecule has 7 aromatic rings. The highest BCUT2D eigenvalue weighted by Crippen LogP contribution is 2.23. The number of benzene rings is 7. The molecular weight excluding hydrogens is 1770 g/mol. The van der Waals surface area contributed by atoms with Gasteiger partial charge in [-0.25, -0.2) is 0 Å². The van der Waals surface area contributed by atoms with Crippen LogP contribution in [-0.4, -0.2) is 0 Å². The van der Waals surface area contributed by atoms with Crippen molar-refractivity contribution in [3.05, 3.63) is 341 Å². The lowest BCUT2D eigenvalue weighted by Gasteiger charge is -2.05. The van der Waals surface area contributed by atoms with E-state index in [2.05, 4.69) is 327 Å². The van der Waals surface area contributed by atoms with Crippen molar-refractivity contribution in [2.75, 3.05) is 0 Å². The number of allylic oxidation sites excluding steroid dienone is 8. The van der Waals surface area contributed by atoms with E-state index in [9.17, 15) is 0 Å². The van der Waals surface area contributed by atoms with Gasteiger partial charge in [-0.1, -0.05) is 643 Å². The van der Waals surface area contributed by atoms with Crippen LogP contribution in [0, 0.1) is 31.6 Å². The molecule has 7 rings (SSSR count). The largest absolute Gasteiger partial charge is 0.120 e. The van der Waals surface area contributed by atoms with E-state index in [4.69, 9.17) is 12.8 Å². The summed E-state index contributed by atoms with van der Waals surface area (Å²) in [5, 5.41) is 0. The van der Waals surface area contributed by atoms with Crippen molar-refractivity contribution in [1.82, 2.24) is 0 Å². The van der Waals surface area contributed by atoms with Gasteiger partial charge in [-0.2, -0.15) is 0 Å². The maximum absolute atomic E-state index is 5.28. The normalized spacial score (nSPS) is 10.5. The van der Waals surface area contributed by atoms with Crippen LogP contribution < -0.4 is 0 Å². The molecule has 0 atom stereocenters. The van der Waals surface area contributed by atoms with Gasteiger partial charge in [0, 0.05) is 12.8 Å². The Bertz CT molecular complexity index is 4230. The third kappa shape index (κ3) is 98.8. The summed E-state index contributed by atoms with van der Waals surface area (Å²) in [6.07, 6.45) is 123. The van der Waals surface area contributed by atoms with Crippen molar-refractivity contribution in [3.63, 3.8) is 0 Å². The Kier molecular flexibility index (Phi) is 106. The van der Waals surface area contributed by atoms with Crippen LogP contribution in [0.4, 0.5) is 0 Å². The summed E-state index contributed by atoms with van der Waals surface area (Å²) in [6.45, 7) is 52.2. The molecule has 0 heterocycles. The zero-order valence-electron chi connectivity index (χ0n) is 98.3. The Morgan fingerprint density at radius 2 is 0.463 bits per heavy atom. The fourth-order valence-electron chi connectivity index (χ4n) is 17.2. The van der Waals surface area contributed by atoms with Gasteiger partial charge < -0.3 is 0 Å². The summed E-state index contributed by atoms with van der Waals surface area (Å²) in [6, 6.07) is 62.4. The number of hydrogen-bond acceptors (Lipinski definition) is 0. The number of rotatable bonds is 77. The Morgan fingerprint density at radius 1 is 0.245 bits per heavy atom. The fourth-order valence-corrected chi connectivity index (χ4v) is 17.2. The van der Waals surface area contributed by atoms with Crippen molar-refractivity contribution >= 4 is 30.4 Å². The average molecular weight is 2000 g/mol. The van der Waals surface area contributed by atoms with Crippen LogP contribution in [0.15, 0.2) is 263 Å². The van der Waals surface area contributed by atoms with Crippen molar-refractivity contribution in [2.45, 2.75) is 526 Å². The van der Waals surface area contributed by atoms with Crippen molar-refractivity contribution in [1.29, 1.82) is 0 Å². The maximum Gasteiger partial charge on any atom is 0.0270 e. The van der Waals surface area contributed by atoms with E-state index < -0.39 is 0 Å². The predicted molar refractivity (Wildman–Crippen MR) is 676 cm³/mol. The molecule has 0 radical (unpaired) electrons. The van der Waals surface area contributed by atoms with Crippen LogP contribution in [0.2, 0.25) is 0 Å². The number of terminal acetylenes is 2. The Hall–Kier alpha value is -8.94.